The van der Waals surface area contributed by atoms with Crippen molar-refractivity contribution < 1.29 is 9.53 Å². The minimum atomic E-state index is -0.0997. The maximum atomic E-state index is 12.1. The summed E-state index contributed by atoms with van der Waals surface area (Å²) in [5, 5.41) is 2.90. The van der Waals surface area contributed by atoms with Crippen molar-refractivity contribution in [1.29, 1.82) is 0 Å². The van der Waals surface area contributed by atoms with Gasteiger partial charge in [-0.15, -0.1) is 0 Å². The number of anilines is 1. The van der Waals surface area contributed by atoms with Gasteiger partial charge in [0.05, 0.1) is 6.61 Å². The number of amides is 1. The smallest absolute Gasteiger partial charge is 0.255 e. The predicted octanol–water partition coefficient (Wildman–Crippen LogP) is 5.22. The van der Waals surface area contributed by atoms with Gasteiger partial charge in [0.1, 0.15) is 5.75 Å². The van der Waals surface area contributed by atoms with E-state index in [2.05, 4.69) is 10.2 Å². The Morgan fingerprint density at radius 3 is 2.33 bits per heavy atom. The average molecular weight is 369 g/mol. The van der Waals surface area contributed by atoms with Crippen LogP contribution in [0, 0.1) is 0 Å². The van der Waals surface area contributed by atoms with Crippen LogP contribution in [0.5, 0.6) is 5.75 Å². The lowest BCUT2D eigenvalue weighted by Gasteiger charge is -2.14. The summed E-state index contributed by atoms with van der Waals surface area (Å²) in [6, 6.07) is 16.8. The van der Waals surface area contributed by atoms with Gasteiger partial charge in [0.25, 0.3) is 5.91 Å². The molecule has 0 saturated carbocycles. The standard InChI is InChI=1S/C22H28N2O2.CH4/c25-22(19-9-3-1-4-10-19)23-20-11-13-21(14-12-20)26-18-8-2-5-15-24-16-6-7-17-24;/h1,3-4,9-14H,2,5-8,15-18H2,(H,23,25);1H4. The van der Waals surface area contributed by atoms with E-state index in [1.54, 1.807) is 12.1 Å². The van der Waals surface area contributed by atoms with Gasteiger partial charge >= 0.3 is 0 Å². The van der Waals surface area contributed by atoms with Gasteiger partial charge in [-0.3, -0.25) is 4.79 Å². The molecule has 1 amide bonds. The molecule has 146 valence electrons. The Hall–Kier alpha value is -2.33. The van der Waals surface area contributed by atoms with Crippen LogP contribution in [0.3, 0.4) is 0 Å². The minimum Gasteiger partial charge on any atom is -0.494 e. The van der Waals surface area contributed by atoms with Crippen LogP contribution in [0.4, 0.5) is 5.69 Å². The molecule has 27 heavy (non-hydrogen) atoms. The fourth-order valence-corrected chi connectivity index (χ4v) is 3.24. The molecule has 1 saturated heterocycles. The van der Waals surface area contributed by atoms with E-state index in [9.17, 15) is 4.79 Å². The molecule has 0 radical (unpaired) electrons. The molecule has 3 rings (SSSR count). The Balaban J connectivity index is 0.00000261. The van der Waals surface area contributed by atoms with Crippen molar-refractivity contribution in [2.45, 2.75) is 39.5 Å². The maximum absolute atomic E-state index is 12.1. The predicted molar refractivity (Wildman–Crippen MR) is 113 cm³/mol. The van der Waals surface area contributed by atoms with Gasteiger partial charge in [-0.1, -0.05) is 25.6 Å². The minimum absolute atomic E-state index is 0. The van der Waals surface area contributed by atoms with Crippen molar-refractivity contribution in [3.63, 3.8) is 0 Å². The number of nitrogens with one attached hydrogen (secondary N) is 1. The molecule has 2 aromatic carbocycles. The number of benzene rings is 2. The first-order valence-electron chi connectivity index (χ1n) is 9.63. The van der Waals surface area contributed by atoms with Crippen LogP contribution in [0.15, 0.2) is 54.6 Å². The molecule has 0 atom stereocenters. The van der Waals surface area contributed by atoms with Crippen LogP contribution in [-0.4, -0.2) is 37.0 Å². The van der Waals surface area contributed by atoms with E-state index in [-0.39, 0.29) is 13.3 Å². The van der Waals surface area contributed by atoms with E-state index >= 15 is 0 Å². The van der Waals surface area contributed by atoms with Crippen molar-refractivity contribution in [2.75, 3.05) is 31.6 Å². The summed E-state index contributed by atoms with van der Waals surface area (Å²) in [5.41, 5.74) is 1.43. The second-order valence-corrected chi connectivity index (χ2v) is 6.80. The summed E-state index contributed by atoms with van der Waals surface area (Å²) in [7, 11) is 0. The first kappa shape index (κ1) is 21.0. The second-order valence-electron chi connectivity index (χ2n) is 6.80. The second kappa shape index (κ2) is 11.4. The first-order chi connectivity index (χ1) is 12.8. The molecule has 0 unspecified atom stereocenters. The Morgan fingerprint density at radius 2 is 1.63 bits per heavy atom. The van der Waals surface area contributed by atoms with Gasteiger partial charge in [0.15, 0.2) is 0 Å². The topological polar surface area (TPSA) is 41.6 Å². The third kappa shape index (κ3) is 7.06. The fourth-order valence-electron chi connectivity index (χ4n) is 3.24. The van der Waals surface area contributed by atoms with E-state index < -0.39 is 0 Å². The molecule has 0 spiro atoms. The third-order valence-corrected chi connectivity index (χ3v) is 4.73. The number of ether oxygens (including phenoxy) is 1. The maximum Gasteiger partial charge on any atom is 0.255 e. The molecule has 2 aromatic rings. The molecule has 0 aromatic heterocycles. The molecular weight excluding hydrogens is 336 g/mol. The number of carbonyl (C=O) groups excluding carboxylic acids is 1. The number of rotatable bonds is 9. The van der Waals surface area contributed by atoms with Gasteiger partial charge in [0.2, 0.25) is 0 Å². The SMILES string of the molecule is C.O=C(Nc1ccc(OCCCCCN2CCCC2)cc1)c1ccccc1. The lowest BCUT2D eigenvalue weighted by atomic mass is 10.2. The summed E-state index contributed by atoms with van der Waals surface area (Å²) in [5.74, 6) is 0.750. The zero-order valence-electron chi connectivity index (χ0n) is 15.3. The van der Waals surface area contributed by atoms with Crippen molar-refractivity contribution in [3.8, 4) is 5.75 Å². The van der Waals surface area contributed by atoms with Crippen LogP contribution >= 0.6 is 0 Å². The lowest BCUT2D eigenvalue weighted by Crippen LogP contribution is -2.20. The van der Waals surface area contributed by atoms with Crippen molar-refractivity contribution in [2.24, 2.45) is 0 Å². The van der Waals surface area contributed by atoms with Gasteiger partial charge in [-0.05, 0) is 88.1 Å². The Bertz CT molecular complexity index is 665. The summed E-state index contributed by atoms with van der Waals surface area (Å²) < 4.78 is 5.80. The highest BCUT2D eigenvalue weighted by Crippen LogP contribution is 2.17. The fraction of sp³-hybridized carbons (Fsp3) is 0.435. The highest BCUT2D eigenvalue weighted by atomic mass is 16.5. The highest BCUT2D eigenvalue weighted by Gasteiger charge is 2.10. The van der Waals surface area contributed by atoms with Gasteiger partial charge in [0, 0.05) is 11.3 Å². The van der Waals surface area contributed by atoms with Crippen LogP contribution in [0.1, 0.15) is 49.9 Å². The van der Waals surface area contributed by atoms with E-state index in [4.69, 9.17) is 4.74 Å². The number of nitrogens with zero attached hydrogens (tertiary/aromatic N) is 1. The first-order valence-corrected chi connectivity index (χ1v) is 9.63. The summed E-state index contributed by atoms with van der Waals surface area (Å²) >= 11 is 0. The molecule has 1 fully saturated rings. The number of carbonyl (C=O) groups is 1. The number of hydrogen-bond donors (Lipinski definition) is 1. The average Bonchev–Trinajstić information content (AvgIpc) is 3.20. The van der Waals surface area contributed by atoms with Crippen molar-refractivity contribution in [1.82, 2.24) is 4.90 Å². The van der Waals surface area contributed by atoms with Crippen LogP contribution in [-0.2, 0) is 0 Å². The van der Waals surface area contributed by atoms with Crippen LogP contribution in [0.25, 0.3) is 0 Å². The molecule has 4 heteroatoms. The molecular formula is C23H32N2O2. The number of likely N-dealkylation sites (tertiary alicyclic amines) is 1. The zero-order valence-corrected chi connectivity index (χ0v) is 15.3. The van der Waals surface area contributed by atoms with Crippen LogP contribution < -0.4 is 10.1 Å². The van der Waals surface area contributed by atoms with Crippen LogP contribution in [0.2, 0.25) is 0 Å². The van der Waals surface area contributed by atoms with Crippen molar-refractivity contribution in [3.05, 3.63) is 60.2 Å². The molecule has 4 nitrogen and oxygen atoms in total. The van der Waals surface area contributed by atoms with E-state index in [1.165, 1.54) is 45.3 Å². The molecule has 0 aliphatic carbocycles. The van der Waals surface area contributed by atoms with E-state index in [0.29, 0.717) is 5.56 Å². The molecule has 1 N–H and O–H groups in total. The van der Waals surface area contributed by atoms with E-state index in [0.717, 1.165) is 24.5 Å². The molecule has 1 aliphatic rings. The quantitative estimate of drug-likeness (QED) is 0.617. The molecule has 0 bridgehead atoms. The lowest BCUT2D eigenvalue weighted by molar-refractivity contribution is 0.102. The largest absolute Gasteiger partial charge is 0.494 e. The summed E-state index contributed by atoms with van der Waals surface area (Å²) in [6.07, 6.45) is 6.28. The Morgan fingerprint density at radius 1 is 0.926 bits per heavy atom. The monoisotopic (exact) mass is 368 g/mol. The third-order valence-electron chi connectivity index (χ3n) is 4.73. The van der Waals surface area contributed by atoms with E-state index in [1.807, 2.05) is 42.5 Å². The van der Waals surface area contributed by atoms with Gasteiger partial charge < -0.3 is 15.0 Å². The zero-order chi connectivity index (χ0) is 18.0. The van der Waals surface area contributed by atoms with Crippen molar-refractivity contribution >= 4 is 11.6 Å². The van der Waals surface area contributed by atoms with Gasteiger partial charge in [-0.25, -0.2) is 0 Å². The molecule has 1 aliphatic heterocycles. The summed E-state index contributed by atoms with van der Waals surface area (Å²) in [4.78, 5) is 14.7. The van der Waals surface area contributed by atoms with Gasteiger partial charge in [-0.2, -0.15) is 0 Å². The Labute approximate surface area is 163 Å². The number of hydrogen-bond acceptors (Lipinski definition) is 3. The normalized spacial score (nSPS) is 13.8. The molecule has 1 heterocycles. The Kier molecular flexibility index (Phi) is 8.85. The summed E-state index contributed by atoms with van der Waals surface area (Å²) in [6.45, 7) is 4.54. The number of unbranched alkanes of at least 4 members (excludes halogenated alkanes) is 2. The highest BCUT2D eigenvalue weighted by molar-refractivity contribution is 6.04.